The Kier molecular flexibility index (Phi) is 9.23. The summed E-state index contributed by atoms with van der Waals surface area (Å²) in [5.74, 6) is -0.0333. The van der Waals surface area contributed by atoms with Crippen LogP contribution in [0, 0.1) is 0 Å². The van der Waals surface area contributed by atoms with E-state index >= 15 is 0 Å². The molecule has 2 aliphatic heterocycles. The zero-order valence-electron chi connectivity index (χ0n) is 31.6. The van der Waals surface area contributed by atoms with Gasteiger partial charge in [-0.1, -0.05) is 92.2 Å². The van der Waals surface area contributed by atoms with Crippen molar-refractivity contribution in [3.8, 4) is 5.75 Å². The van der Waals surface area contributed by atoms with Gasteiger partial charge in [-0.15, -0.1) is 0 Å². The Bertz CT molecular complexity index is 2450. The van der Waals surface area contributed by atoms with Crippen LogP contribution in [-0.2, 0) is 25.2 Å². The zero-order valence-corrected chi connectivity index (χ0v) is 31.6. The predicted molar refractivity (Wildman–Crippen MR) is 215 cm³/mol. The number of ether oxygens (including phenoxy) is 2. The number of anilines is 1. The number of allylic oxidation sites excluding steroid dienone is 6. The summed E-state index contributed by atoms with van der Waals surface area (Å²) >= 11 is 0. The molecule has 0 saturated heterocycles. The standard InChI is InChI=1S/C46H46N2O5/c1-29(16-21-39-45(3,4)38-20-18-31-17-19-32(52-7)27-37(31)42(38)47(39)24-25-53-28-49)26-30(2)44-46(5,6)41-35-14-10-8-12-33(35)34-13-9-11-15-36(34)43(41)48(44)23-22-40(50)51/h8-21,26-28H,22-25H2,1-7H3/p+1. The molecule has 2 heterocycles. The minimum absolute atomic E-state index is 0.0220. The Labute approximate surface area is 311 Å². The number of fused-ring (bicyclic) bond motifs is 9. The van der Waals surface area contributed by atoms with E-state index in [9.17, 15) is 14.7 Å². The van der Waals surface area contributed by atoms with E-state index in [0.29, 0.717) is 19.6 Å². The molecule has 0 aromatic heterocycles. The molecule has 0 bridgehead atoms. The molecule has 0 atom stereocenters. The highest BCUT2D eigenvalue weighted by Crippen LogP contribution is 2.52. The fourth-order valence-electron chi connectivity index (χ4n) is 8.93. The van der Waals surface area contributed by atoms with Crippen LogP contribution >= 0.6 is 0 Å². The molecule has 1 N–H and O–H groups in total. The Balaban J connectivity index is 1.36. The van der Waals surface area contributed by atoms with Crippen LogP contribution in [0.25, 0.3) is 32.3 Å². The van der Waals surface area contributed by atoms with Gasteiger partial charge in [0.05, 0.1) is 30.1 Å². The maximum absolute atomic E-state index is 12.0. The van der Waals surface area contributed by atoms with Crippen molar-refractivity contribution in [1.29, 1.82) is 0 Å². The van der Waals surface area contributed by atoms with Gasteiger partial charge in [-0.05, 0) is 79.1 Å². The maximum Gasteiger partial charge on any atom is 0.309 e. The van der Waals surface area contributed by atoms with Gasteiger partial charge >= 0.3 is 5.97 Å². The molecule has 5 aromatic rings. The van der Waals surface area contributed by atoms with Crippen LogP contribution in [-0.4, -0.2) is 54.6 Å². The molecule has 2 aliphatic rings. The monoisotopic (exact) mass is 707 g/mol. The largest absolute Gasteiger partial charge is 0.497 e. The van der Waals surface area contributed by atoms with E-state index < -0.39 is 11.4 Å². The number of carbonyl (C=O) groups is 2. The number of hydrogen-bond donors (Lipinski definition) is 1. The molecular formula is C46H47N2O5+. The number of aliphatic carboxylic acids is 1. The first-order valence-corrected chi connectivity index (χ1v) is 18.2. The molecule has 0 aliphatic carbocycles. The van der Waals surface area contributed by atoms with Crippen molar-refractivity contribution in [2.24, 2.45) is 0 Å². The van der Waals surface area contributed by atoms with Gasteiger partial charge < -0.3 is 19.5 Å². The van der Waals surface area contributed by atoms with Crippen LogP contribution in [0.2, 0.25) is 0 Å². The van der Waals surface area contributed by atoms with Crippen molar-refractivity contribution in [2.45, 2.75) is 58.8 Å². The minimum atomic E-state index is -0.820. The fourth-order valence-corrected chi connectivity index (χ4v) is 8.93. The molecule has 7 nitrogen and oxygen atoms in total. The van der Waals surface area contributed by atoms with E-state index in [1.807, 2.05) is 6.07 Å². The van der Waals surface area contributed by atoms with Crippen molar-refractivity contribution in [3.05, 3.63) is 125 Å². The number of hydrogen-bond acceptors (Lipinski definition) is 5. The lowest BCUT2D eigenvalue weighted by molar-refractivity contribution is -0.435. The van der Waals surface area contributed by atoms with Crippen LogP contribution in [0.4, 0.5) is 11.4 Å². The van der Waals surface area contributed by atoms with E-state index in [0.717, 1.165) is 61.2 Å². The molecule has 0 spiro atoms. The van der Waals surface area contributed by atoms with Crippen LogP contribution in [0.15, 0.2) is 114 Å². The Morgan fingerprint density at radius 3 is 2.21 bits per heavy atom. The third kappa shape index (κ3) is 5.98. The molecule has 0 unspecified atom stereocenters. The lowest BCUT2D eigenvalue weighted by Crippen LogP contribution is -2.31. The van der Waals surface area contributed by atoms with Crippen LogP contribution in [0.5, 0.6) is 5.75 Å². The summed E-state index contributed by atoms with van der Waals surface area (Å²) in [7, 11) is 1.68. The number of nitrogens with zero attached hydrogens (tertiary/aromatic N) is 2. The highest BCUT2D eigenvalue weighted by Gasteiger charge is 2.48. The summed E-state index contributed by atoms with van der Waals surface area (Å²) in [6, 6.07) is 27.5. The topological polar surface area (TPSA) is 79.1 Å². The smallest absolute Gasteiger partial charge is 0.309 e. The van der Waals surface area contributed by atoms with Crippen molar-refractivity contribution >= 4 is 61.8 Å². The number of methoxy groups -OCH3 is 1. The van der Waals surface area contributed by atoms with Crippen molar-refractivity contribution in [2.75, 3.05) is 31.7 Å². The first kappa shape index (κ1) is 35.7. The number of carboxylic acids is 1. The maximum atomic E-state index is 12.0. The Morgan fingerprint density at radius 2 is 1.53 bits per heavy atom. The first-order chi connectivity index (χ1) is 25.4. The normalized spacial score (nSPS) is 17.2. The van der Waals surface area contributed by atoms with Crippen molar-refractivity contribution < 1.29 is 28.7 Å². The average molecular weight is 708 g/mol. The molecule has 7 heteroatoms. The summed E-state index contributed by atoms with van der Waals surface area (Å²) in [4.78, 5) is 25.5. The van der Waals surface area contributed by atoms with Gasteiger partial charge in [-0.2, -0.15) is 4.58 Å². The van der Waals surface area contributed by atoms with Crippen molar-refractivity contribution in [3.63, 3.8) is 0 Å². The molecule has 270 valence electrons. The lowest BCUT2D eigenvalue weighted by Gasteiger charge is -2.27. The first-order valence-electron chi connectivity index (χ1n) is 18.2. The van der Waals surface area contributed by atoms with Gasteiger partial charge in [0.1, 0.15) is 18.8 Å². The number of carbonyl (C=O) groups excluding carboxylic acids is 1. The Hall–Kier alpha value is -5.69. The van der Waals surface area contributed by atoms with E-state index in [-0.39, 0.29) is 18.4 Å². The van der Waals surface area contributed by atoms with Crippen molar-refractivity contribution in [1.82, 2.24) is 0 Å². The number of carboxylic acid groups (broad SMARTS) is 1. The second-order valence-electron chi connectivity index (χ2n) is 15.2. The number of benzene rings is 5. The van der Waals surface area contributed by atoms with Gasteiger partial charge in [0.2, 0.25) is 5.69 Å². The van der Waals surface area contributed by atoms with Gasteiger partial charge in [0.15, 0.2) is 12.3 Å². The molecule has 0 amide bonds. The zero-order chi connectivity index (χ0) is 37.7. The fraction of sp³-hybridized carbons (Fsp3) is 0.283. The summed E-state index contributed by atoms with van der Waals surface area (Å²) in [5, 5.41) is 16.7. The quantitative estimate of drug-likeness (QED) is 0.0484. The molecule has 0 radical (unpaired) electrons. The molecule has 7 rings (SSSR count). The Morgan fingerprint density at radius 1 is 0.868 bits per heavy atom. The minimum Gasteiger partial charge on any atom is -0.497 e. The van der Waals surface area contributed by atoms with E-state index in [2.05, 4.69) is 142 Å². The third-order valence-corrected chi connectivity index (χ3v) is 11.1. The summed E-state index contributed by atoms with van der Waals surface area (Å²) in [5.41, 5.74) is 8.24. The highest BCUT2D eigenvalue weighted by molar-refractivity contribution is 6.19. The molecule has 53 heavy (non-hydrogen) atoms. The number of rotatable bonds is 11. The molecule has 0 saturated carbocycles. The third-order valence-electron chi connectivity index (χ3n) is 11.1. The van der Waals surface area contributed by atoms with Gasteiger partial charge in [-0.3, -0.25) is 9.59 Å². The van der Waals surface area contributed by atoms with Crippen LogP contribution < -0.4 is 9.64 Å². The van der Waals surface area contributed by atoms with E-state index in [1.165, 1.54) is 21.9 Å². The average Bonchev–Trinajstić information content (AvgIpc) is 3.52. The summed E-state index contributed by atoms with van der Waals surface area (Å²) in [6.07, 6.45) is 6.58. The van der Waals surface area contributed by atoms with Gasteiger partial charge in [-0.25, -0.2) is 0 Å². The van der Waals surface area contributed by atoms with Gasteiger partial charge in [0, 0.05) is 27.6 Å². The highest BCUT2D eigenvalue weighted by atomic mass is 16.5. The van der Waals surface area contributed by atoms with Crippen LogP contribution in [0.1, 0.15) is 59.1 Å². The molecular weight excluding hydrogens is 661 g/mol. The van der Waals surface area contributed by atoms with E-state index in [4.69, 9.17) is 9.47 Å². The summed E-state index contributed by atoms with van der Waals surface area (Å²) < 4.78 is 13.1. The molecule has 5 aromatic carbocycles. The van der Waals surface area contributed by atoms with Gasteiger partial charge in [0.25, 0.3) is 6.47 Å². The predicted octanol–water partition coefficient (Wildman–Crippen LogP) is 9.75. The molecule has 0 fully saturated rings. The van der Waals surface area contributed by atoms with E-state index in [1.54, 1.807) is 7.11 Å². The van der Waals surface area contributed by atoms with Crippen LogP contribution in [0.3, 0.4) is 0 Å². The second-order valence-corrected chi connectivity index (χ2v) is 15.2. The summed E-state index contributed by atoms with van der Waals surface area (Å²) in [6.45, 7) is 14.9. The lowest BCUT2D eigenvalue weighted by atomic mass is 9.76. The second kappa shape index (κ2) is 13.7. The SMILES string of the molecule is COc1ccc2ccc3c(c2c1)N(CCOC=O)\C(=C/C=C(C)/C=C(\C)C1=[N+](CCC(=O)O)c2c(c4ccccc4c4ccccc24)C1(C)C)C3(C)C.